The lowest BCUT2D eigenvalue weighted by Crippen LogP contribution is -2.43. The number of carboxylic acid groups (broad SMARTS) is 1. The lowest BCUT2D eigenvalue weighted by Gasteiger charge is -2.34. The quantitative estimate of drug-likeness (QED) is 0.858. The fraction of sp³-hybridized carbons (Fsp3) is 0.500. The van der Waals surface area contributed by atoms with E-state index in [4.69, 9.17) is 5.11 Å². The number of carbonyl (C=O) groups is 1. The predicted molar refractivity (Wildman–Crippen MR) is 82.5 cm³/mol. The van der Waals surface area contributed by atoms with Crippen molar-refractivity contribution in [2.45, 2.75) is 43.0 Å². The van der Waals surface area contributed by atoms with Gasteiger partial charge in [-0.25, -0.2) is 8.42 Å². The summed E-state index contributed by atoms with van der Waals surface area (Å²) >= 11 is 3.28. The Morgan fingerprint density at radius 1 is 1.33 bits per heavy atom. The van der Waals surface area contributed by atoms with Crippen molar-refractivity contribution in [1.29, 1.82) is 0 Å². The van der Waals surface area contributed by atoms with Crippen LogP contribution in [0.15, 0.2) is 33.6 Å². The van der Waals surface area contributed by atoms with Crippen LogP contribution in [0.4, 0.5) is 0 Å². The van der Waals surface area contributed by atoms with Crippen molar-refractivity contribution >= 4 is 31.9 Å². The normalized spacial score (nSPS) is 20.3. The Bertz CT molecular complexity index is 617. The van der Waals surface area contributed by atoms with Crippen molar-refractivity contribution in [3.8, 4) is 0 Å². The van der Waals surface area contributed by atoms with E-state index >= 15 is 0 Å². The topological polar surface area (TPSA) is 74.7 Å². The molecule has 1 aliphatic rings. The molecular formula is C14H18BrNO4S. The first-order valence-electron chi connectivity index (χ1n) is 6.91. The summed E-state index contributed by atoms with van der Waals surface area (Å²) < 4.78 is 27.6. The average molecular weight is 376 g/mol. The van der Waals surface area contributed by atoms with E-state index in [0.717, 1.165) is 19.3 Å². The summed E-state index contributed by atoms with van der Waals surface area (Å²) in [6, 6.07) is 6.49. The van der Waals surface area contributed by atoms with Crippen molar-refractivity contribution < 1.29 is 18.3 Å². The van der Waals surface area contributed by atoms with Crippen LogP contribution in [0.5, 0.6) is 0 Å². The van der Waals surface area contributed by atoms with Crippen LogP contribution in [-0.2, 0) is 14.8 Å². The number of halogens is 1. The zero-order chi connectivity index (χ0) is 15.5. The Hall–Kier alpha value is -0.920. The molecule has 0 spiro atoms. The minimum Gasteiger partial charge on any atom is -0.481 e. The minimum absolute atomic E-state index is 0.00730. The third kappa shape index (κ3) is 3.84. The van der Waals surface area contributed by atoms with E-state index < -0.39 is 16.0 Å². The summed E-state index contributed by atoms with van der Waals surface area (Å²) in [5.41, 5.74) is 0. The highest BCUT2D eigenvalue weighted by molar-refractivity contribution is 9.10. The monoisotopic (exact) mass is 375 g/mol. The molecule has 1 fully saturated rings. The fourth-order valence-electron chi connectivity index (χ4n) is 2.65. The van der Waals surface area contributed by atoms with Gasteiger partial charge in [0.2, 0.25) is 10.0 Å². The van der Waals surface area contributed by atoms with Gasteiger partial charge in [-0.15, -0.1) is 0 Å². The zero-order valence-electron chi connectivity index (χ0n) is 11.5. The van der Waals surface area contributed by atoms with Gasteiger partial charge in [-0.1, -0.05) is 18.6 Å². The molecule has 21 heavy (non-hydrogen) atoms. The highest BCUT2D eigenvalue weighted by atomic mass is 79.9. The van der Waals surface area contributed by atoms with Crippen molar-refractivity contribution in [3.63, 3.8) is 0 Å². The summed E-state index contributed by atoms with van der Waals surface area (Å²) in [7, 11) is -3.60. The Morgan fingerprint density at radius 3 is 2.71 bits per heavy atom. The summed E-state index contributed by atoms with van der Waals surface area (Å²) in [5, 5.41) is 8.82. The van der Waals surface area contributed by atoms with E-state index in [1.165, 1.54) is 4.31 Å². The molecule has 1 aliphatic heterocycles. The van der Waals surface area contributed by atoms with Crippen LogP contribution >= 0.6 is 15.9 Å². The fourth-order valence-corrected chi connectivity index (χ4v) is 5.34. The van der Waals surface area contributed by atoms with Crippen molar-refractivity contribution in [3.05, 3.63) is 28.7 Å². The molecule has 1 aromatic rings. The number of sulfonamides is 1. The summed E-state index contributed by atoms with van der Waals surface area (Å²) in [6.07, 6.45) is 2.82. The van der Waals surface area contributed by atoms with Gasteiger partial charge in [-0.3, -0.25) is 4.79 Å². The maximum absolute atomic E-state index is 12.8. The van der Waals surface area contributed by atoms with Crippen LogP contribution in [0.1, 0.15) is 32.1 Å². The van der Waals surface area contributed by atoms with E-state index in [1.807, 2.05) is 0 Å². The standard InChI is InChI=1S/C14H18BrNO4S/c15-12-6-1-2-7-13(12)21(19,20)16-10-4-3-5-11(16)8-9-14(17)18/h1-2,6-7,11H,3-5,8-10H2,(H,17,18). The third-order valence-electron chi connectivity index (χ3n) is 3.69. The van der Waals surface area contributed by atoms with Gasteiger partial charge in [0.1, 0.15) is 0 Å². The smallest absolute Gasteiger partial charge is 0.303 e. The number of hydrogen-bond donors (Lipinski definition) is 1. The van der Waals surface area contributed by atoms with Crippen LogP contribution in [-0.4, -0.2) is 36.4 Å². The van der Waals surface area contributed by atoms with E-state index in [2.05, 4.69) is 15.9 Å². The first-order chi connectivity index (χ1) is 9.93. The minimum atomic E-state index is -3.60. The molecule has 1 atom stereocenters. The van der Waals surface area contributed by atoms with Crippen LogP contribution in [0.25, 0.3) is 0 Å². The second kappa shape index (κ2) is 6.89. The number of nitrogens with zero attached hydrogens (tertiary/aromatic N) is 1. The number of hydrogen-bond acceptors (Lipinski definition) is 3. The van der Waals surface area contributed by atoms with Gasteiger partial charge in [-0.2, -0.15) is 4.31 Å². The van der Waals surface area contributed by atoms with Gasteiger partial charge >= 0.3 is 5.97 Å². The molecule has 1 heterocycles. The van der Waals surface area contributed by atoms with Gasteiger partial charge in [0.25, 0.3) is 0 Å². The molecule has 2 rings (SSSR count). The summed E-state index contributed by atoms with van der Waals surface area (Å²) in [6.45, 7) is 0.452. The van der Waals surface area contributed by atoms with Crippen LogP contribution in [0, 0.1) is 0 Å². The number of piperidine rings is 1. The van der Waals surface area contributed by atoms with Gasteiger partial charge in [0, 0.05) is 23.5 Å². The zero-order valence-corrected chi connectivity index (χ0v) is 13.9. The molecule has 5 nitrogen and oxygen atoms in total. The lowest BCUT2D eigenvalue weighted by molar-refractivity contribution is -0.137. The molecule has 1 aromatic carbocycles. The van der Waals surface area contributed by atoms with E-state index in [-0.39, 0.29) is 17.4 Å². The number of aliphatic carboxylic acids is 1. The molecule has 0 aromatic heterocycles. The molecule has 116 valence electrons. The third-order valence-corrected chi connectivity index (χ3v) is 6.65. The SMILES string of the molecule is O=C(O)CCC1CCCCN1S(=O)(=O)c1ccccc1Br. The number of carboxylic acids is 1. The first kappa shape index (κ1) is 16.5. The molecule has 1 saturated heterocycles. The molecule has 0 radical (unpaired) electrons. The number of rotatable bonds is 5. The van der Waals surface area contributed by atoms with Crippen LogP contribution in [0.2, 0.25) is 0 Å². The van der Waals surface area contributed by atoms with Crippen LogP contribution in [0.3, 0.4) is 0 Å². The second-order valence-corrected chi connectivity index (χ2v) is 7.84. The molecule has 1 unspecified atom stereocenters. The highest BCUT2D eigenvalue weighted by Gasteiger charge is 2.34. The average Bonchev–Trinajstić information content (AvgIpc) is 2.45. The largest absolute Gasteiger partial charge is 0.481 e. The van der Waals surface area contributed by atoms with Crippen molar-refractivity contribution in [1.82, 2.24) is 4.31 Å². The summed E-state index contributed by atoms with van der Waals surface area (Å²) in [5.74, 6) is -0.890. The predicted octanol–water partition coefficient (Wildman–Crippen LogP) is 2.86. The molecule has 0 bridgehead atoms. The highest BCUT2D eigenvalue weighted by Crippen LogP contribution is 2.31. The Balaban J connectivity index is 2.27. The molecule has 7 heteroatoms. The molecule has 1 N–H and O–H groups in total. The maximum atomic E-state index is 12.8. The van der Waals surface area contributed by atoms with E-state index in [1.54, 1.807) is 24.3 Å². The first-order valence-corrected chi connectivity index (χ1v) is 9.14. The van der Waals surface area contributed by atoms with Crippen molar-refractivity contribution in [2.75, 3.05) is 6.54 Å². The van der Waals surface area contributed by atoms with Gasteiger partial charge < -0.3 is 5.11 Å². The van der Waals surface area contributed by atoms with Crippen LogP contribution < -0.4 is 0 Å². The lowest BCUT2D eigenvalue weighted by atomic mass is 10.0. The maximum Gasteiger partial charge on any atom is 0.303 e. The number of benzene rings is 1. The Labute approximate surface area is 133 Å². The van der Waals surface area contributed by atoms with Crippen molar-refractivity contribution in [2.24, 2.45) is 0 Å². The van der Waals surface area contributed by atoms with Gasteiger partial charge in [-0.05, 0) is 47.3 Å². The molecule has 0 aliphatic carbocycles. The van der Waals surface area contributed by atoms with Gasteiger partial charge in [0.05, 0.1) is 4.90 Å². The second-order valence-electron chi connectivity index (χ2n) is 5.13. The summed E-state index contributed by atoms with van der Waals surface area (Å²) in [4.78, 5) is 11.0. The Kier molecular flexibility index (Phi) is 5.40. The van der Waals surface area contributed by atoms with E-state index in [0.29, 0.717) is 17.4 Å². The molecule has 0 amide bonds. The van der Waals surface area contributed by atoms with E-state index in [9.17, 15) is 13.2 Å². The molecule has 0 saturated carbocycles. The molecular weight excluding hydrogens is 358 g/mol. The Morgan fingerprint density at radius 2 is 2.05 bits per heavy atom. The van der Waals surface area contributed by atoms with Gasteiger partial charge in [0.15, 0.2) is 0 Å².